The number of hydrogen-bond acceptors (Lipinski definition) is 6. The molecule has 8 nitrogen and oxygen atoms in total. The van der Waals surface area contributed by atoms with Gasteiger partial charge in [0, 0.05) is 57.1 Å². The average molecular weight is 502 g/mol. The molecule has 1 N–H and O–H groups in total. The average Bonchev–Trinajstić information content (AvgIpc) is 2.92. The molecule has 194 valence electrons. The first kappa shape index (κ1) is 25.2. The molecule has 3 heterocycles. The minimum atomic E-state index is -0.882. The molecular formula is C29H35N5O3. The van der Waals surface area contributed by atoms with Crippen LogP contribution in [0.2, 0.25) is 0 Å². The lowest BCUT2D eigenvalue weighted by atomic mass is 9.77. The molecule has 2 saturated heterocycles. The van der Waals surface area contributed by atoms with Gasteiger partial charge in [0.05, 0.1) is 29.7 Å². The van der Waals surface area contributed by atoms with Crippen LogP contribution in [0.3, 0.4) is 0 Å². The van der Waals surface area contributed by atoms with E-state index in [9.17, 15) is 14.7 Å². The van der Waals surface area contributed by atoms with E-state index in [1.165, 1.54) is 11.3 Å². The molecule has 2 fully saturated rings. The topological polar surface area (TPSA) is 91.1 Å². The van der Waals surface area contributed by atoms with Gasteiger partial charge in [0.2, 0.25) is 5.91 Å². The van der Waals surface area contributed by atoms with E-state index in [0.717, 1.165) is 38.2 Å². The zero-order valence-corrected chi connectivity index (χ0v) is 21.8. The summed E-state index contributed by atoms with van der Waals surface area (Å²) < 4.78 is 0. The Morgan fingerprint density at radius 1 is 1.11 bits per heavy atom. The van der Waals surface area contributed by atoms with Gasteiger partial charge < -0.3 is 24.7 Å². The number of carbonyl (C=O) groups is 2. The van der Waals surface area contributed by atoms with Gasteiger partial charge in [-0.05, 0) is 74.3 Å². The fraction of sp³-hybridized carbons (Fsp3) is 0.483. The second-order valence-electron chi connectivity index (χ2n) is 10.6. The third-order valence-electron chi connectivity index (χ3n) is 8.40. The standard InChI is InChI=1S/C29H35N5O3/c1-19(35)27-26(32(3)28(36)22-6-4-20(18-30)5-7-22)17-25-24-16-23(33-14-12-31(2)13-15-33)9-8-21(24)10-11-34(25)29(27)37/h4-9,16,19,25-27,35H,10-15,17H2,1-3H3/t19-,25-,26-,27-/m0/s1. The van der Waals surface area contributed by atoms with Crippen molar-refractivity contribution in [1.29, 1.82) is 5.26 Å². The van der Waals surface area contributed by atoms with Crippen molar-refractivity contribution in [2.45, 2.75) is 38.0 Å². The van der Waals surface area contributed by atoms with Crippen LogP contribution in [0.5, 0.6) is 0 Å². The molecule has 0 aromatic heterocycles. The van der Waals surface area contributed by atoms with Gasteiger partial charge in [-0.15, -0.1) is 0 Å². The molecule has 0 radical (unpaired) electrons. The number of benzene rings is 2. The van der Waals surface area contributed by atoms with Crippen LogP contribution in [-0.4, -0.2) is 90.6 Å². The zero-order valence-electron chi connectivity index (χ0n) is 21.8. The Morgan fingerprint density at radius 2 is 1.81 bits per heavy atom. The number of piperidine rings is 1. The van der Waals surface area contributed by atoms with Gasteiger partial charge in [-0.1, -0.05) is 6.07 Å². The molecular weight excluding hydrogens is 466 g/mol. The molecule has 2 aromatic carbocycles. The van der Waals surface area contributed by atoms with Gasteiger partial charge >= 0.3 is 0 Å². The Kier molecular flexibility index (Phi) is 6.93. The number of aliphatic hydroxyl groups excluding tert-OH is 1. The molecule has 0 aliphatic carbocycles. The van der Waals surface area contributed by atoms with E-state index in [2.05, 4.69) is 41.1 Å². The molecule has 2 aromatic rings. The fourth-order valence-corrected chi connectivity index (χ4v) is 6.16. The first-order valence-corrected chi connectivity index (χ1v) is 13.1. The first-order chi connectivity index (χ1) is 17.8. The van der Waals surface area contributed by atoms with Crippen LogP contribution in [0.15, 0.2) is 42.5 Å². The molecule has 3 aliphatic heterocycles. The number of amides is 2. The Morgan fingerprint density at radius 3 is 2.46 bits per heavy atom. The van der Waals surface area contributed by atoms with E-state index in [4.69, 9.17) is 5.26 Å². The Hall–Kier alpha value is -3.41. The fourth-order valence-electron chi connectivity index (χ4n) is 6.16. The largest absolute Gasteiger partial charge is 0.393 e. The number of nitriles is 1. The van der Waals surface area contributed by atoms with E-state index in [0.29, 0.717) is 24.1 Å². The summed E-state index contributed by atoms with van der Waals surface area (Å²) in [4.78, 5) is 35.5. The summed E-state index contributed by atoms with van der Waals surface area (Å²) in [7, 11) is 3.86. The van der Waals surface area contributed by atoms with Crippen molar-refractivity contribution >= 4 is 17.5 Å². The molecule has 0 unspecified atom stereocenters. The monoisotopic (exact) mass is 501 g/mol. The molecule has 5 rings (SSSR count). The minimum absolute atomic E-state index is 0.0913. The number of likely N-dealkylation sites (N-methyl/N-ethyl adjacent to an activating group) is 1. The van der Waals surface area contributed by atoms with Crippen molar-refractivity contribution < 1.29 is 14.7 Å². The molecule has 0 saturated carbocycles. The van der Waals surface area contributed by atoms with Gasteiger partial charge in [0.15, 0.2) is 0 Å². The Balaban J connectivity index is 1.46. The third-order valence-corrected chi connectivity index (χ3v) is 8.40. The van der Waals surface area contributed by atoms with Gasteiger partial charge in [0.25, 0.3) is 5.91 Å². The lowest BCUT2D eigenvalue weighted by molar-refractivity contribution is -0.151. The summed E-state index contributed by atoms with van der Waals surface area (Å²) in [5.74, 6) is -0.999. The predicted molar refractivity (Wildman–Crippen MR) is 141 cm³/mol. The maximum absolute atomic E-state index is 13.8. The third kappa shape index (κ3) is 4.70. The Labute approximate surface area is 218 Å². The van der Waals surface area contributed by atoms with Crippen LogP contribution in [0, 0.1) is 17.2 Å². The minimum Gasteiger partial charge on any atom is -0.393 e. The van der Waals surface area contributed by atoms with Gasteiger partial charge in [-0.2, -0.15) is 5.26 Å². The smallest absolute Gasteiger partial charge is 0.253 e. The number of aliphatic hydroxyl groups is 1. The summed E-state index contributed by atoms with van der Waals surface area (Å²) in [6, 6.07) is 14.7. The van der Waals surface area contributed by atoms with Crippen LogP contribution in [0.25, 0.3) is 0 Å². The van der Waals surface area contributed by atoms with Gasteiger partial charge in [0.1, 0.15) is 0 Å². The van der Waals surface area contributed by atoms with Gasteiger partial charge in [-0.3, -0.25) is 9.59 Å². The molecule has 2 amide bonds. The summed E-state index contributed by atoms with van der Waals surface area (Å²) >= 11 is 0. The van der Waals surface area contributed by atoms with Crippen molar-refractivity contribution in [3.63, 3.8) is 0 Å². The highest BCUT2D eigenvalue weighted by Gasteiger charge is 2.48. The molecule has 8 heteroatoms. The van der Waals surface area contributed by atoms with E-state index < -0.39 is 18.1 Å². The highest BCUT2D eigenvalue weighted by molar-refractivity contribution is 5.95. The van der Waals surface area contributed by atoms with E-state index in [1.54, 1.807) is 43.1 Å². The van der Waals surface area contributed by atoms with Crippen molar-refractivity contribution in [3.05, 3.63) is 64.7 Å². The van der Waals surface area contributed by atoms with E-state index >= 15 is 0 Å². The van der Waals surface area contributed by atoms with Crippen molar-refractivity contribution in [3.8, 4) is 6.07 Å². The van der Waals surface area contributed by atoms with Crippen LogP contribution in [0.4, 0.5) is 5.69 Å². The maximum atomic E-state index is 13.8. The lowest BCUT2D eigenvalue weighted by Gasteiger charge is -2.49. The SMILES string of the molecule is C[C@H](O)[C@@H]1C(=O)N2CCc3ccc(N4CCN(C)CC4)cc3[C@@H]2C[C@@H]1N(C)C(=O)c1ccc(C#N)cc1. The van der Waals surface area contributed by atoms with Crippen molar-refractivity contribution in [1.82, 2.24) is 14.7 Å². The highest BCUT2D eigenvalue weighted by Crippen LogP contribution is 2.43. The normalized spacial score (nSPS) is 24.6. The van der Waals surface area contributed by atoms with Crippen LogP contribution in [0.1, 0.15) is 46.4 Å². The van der Waals surface area contributed by atoms with Crippen molar-refractivity contribution in [2.24, 2.45) is 5.92 Å². The molecule has 4 atom stereocenters. The van der Waals surface area contributed by atoms with Gasteiger partial charge in [-0.25, -0.2) is 0 Å². The molecule has 0 spiro atoms. The number of hydrogen-bond donors (Lipinski definition) is 1. The van der Waals surface area contributed by atoms with Crippen LogP contribution >= 0.6 is 0 Å². The quantitative estimate of drug-likeness (QED) is 0.691. The number of anilines is 1. The Bertz CT molecular complexity index is 1210. The maximum Gasteiger partial charge on any atom is 0.253 e. The number of nitrogens with zero attached hydrogens (tertiary/aromatic N) is 5. The number of fused-ring (bicyclic) bond motifs is 3. The molecule has 37 heavy (non-hydrogen) atoms. The van der Waals surface area contributed by atoms with E-state index in [1.807, 2.05) is 4.90 Å². The summed E-state index contributed by atoms with van der Waals surface area (Å²) in [6.07, 6.45) is 0.476. The summed E-state index contributed by atoms with van der Waals surface area (Å²) in [5, 5.41) is 19.8. The predicted octanol–water partition coefficient (Wildman–Crippen LogP) is 2.28. The summed E-state index contributed by atoms with van der Waals surface area (Å²) in [5.41, 5.74) is 4.53. The molecule has 0 bridgehead atoms. The summed E-state index contributed by atoms with van der Waals surface area (Å²) in [6.45, 7) is 6.23. The number of piperazine rings is 1. The lowest BCUT2D eigenvalue weighted by Crippen LogP contribution is -2.59. The van der Waals surface area contributed by atoms with Crippen molar-refractivity contribution in [2.75, 3.05) is 51.7 Å². The highest BCUT2D eigenvalue weighted by atomic mass is 16.3. The van der Waals surface area contributed by atoms with Crippen LogP contribution in [-0.2, 0) is 11.2 Å². The zero-order chi connectivity index (χ0) is 26.3. The molecule has 3 aliphatic rings. The second kappa shape index (κ2) is 10.2. The van der Waals surface area contributed by atoms with Crippen LogP contribution < -0.4 is 4.90 Å². The second-order valence-corrected chi connectivity index (χ2v) is 10.6. The first-order valence-electron chi connectivity index (χ1n) is 13.1. The number of carbonyl (C=O) groups excluding carboxylic acids is 2. The number of rotatable bonds is 4. The van der Waals surface area contributed by atoms with E-state index in [-0.39, 0.29) is 17.9 Å².